The van der Waals surface area contributed by atoms with Crippen LogP contribution in [0.25, 0.3) is 10.8 Å². The predicted molar refractivity (Wildman–Crippen MR) is 120 cm³/mol. The molecule has 0 amide bonds. The van der Waals surface area contributed by atoms with Gasteiger partial charge in [0.05, 0.1) is 6.04 Å². The number of aromatic nitrogens is 1. The molecule has 6 heteroatoms. The normalized spacial score (nSPS) is 13.7. The quantitative estimate of drug-likeness (QED) is 0.210. The molecule has 3 N–H and O–H groups in total. The van der Waals surface area contributed by atoms with Crippen LogP contribution in [0.1, 0.15) is 38.2 Å². The number of hydrogen-bond acceptors (Lipinski definition) is 5. The highest BCUT2D eigenvalue weighted by Gasteiger charge is 2.05. The zero-order chi connectivity index (χ0) is 19.3. The number of nitrogens with two attached hydrogens (primary N) is 1. The molecule has 1 aromatic heterocycles. The Labute approximate surface area is 166 Å². The van der Waals surface area contributed by atoms with Gasteiger partial charge in [0, 0.05) is 23.3 Å². The van der Waals surface area contributed by atoms with Gasteiger partial charge in [-0.25, -0.2) is 0 Å². The summed E-state index contributed by atoms with van der Waals surface area (Å²) in [4.78, 5) is 8.75. The van der Waals surface area contributed by atoms with Crippen LogP contribution in [0.15, 0.2) is 58.9 Å². The molecular weight excluding hydrogens is 354 g/mol. The molecule has 27 heavy (non-hydrogen) atoms. The molecule has 0 aliphatic heterocycles. The van der Waals surface area contributed by atoms with Gasteiger partial charge in [-0.05, 0) is 62.9 Å². The van der Waals surface area contributed by atoms with Crippen LogP contribution in [0.2, 0.25) is 0 Å². The van der Waals surface area contributed by atoms with Crippen molar-refractivity contribution in [2.24, 2.45) is 15.8 Å². The zero-order valence-corrected chi connectivity index (χ0v) is 17.0. The zero-order valence-electron chi connectivity index (χ0n) is 16.1. The summed E-state index contributed by atoms with van der Waals surface area (Å²) < 4.78 is 0. The van der Waals surface area contributed by atoms with Crippen LogP contribution in [-0.2, 0) is 0 Å². The lowest BCUT2D eigenvalue weighted by Crippen LogP contribution is -2.15. The van der Waals surface area contributed by atoms with E-state index in [2.05, 4.69) is 50.9 Å². The Morgan fingerprint density at radius 3 is 2.96 bits per heavy atom. The van der Waals surface area contributed by atoms with Gasteiger partial charge in [0.2, 0.25) is 0 Å². The molecule has 5 nitrogen and oxygen atoms in total. The second-order valence-electron chi connectivity index (χ2n) is 6.20. The number of aliphatic imine (C=N–C) groups is 1. The third-order valence-electron chi connectivity index (χ3n) is 4.23. The van der Waals surface area contributed by atoms with Crippen LogP contribution in [0.4, 0.5) is 0 Å². The topological polar surface area (TPSA) is 75.7 Å². The molecule has 0 saturated carbocycles. The van der Waals surface area contributed by atoms with E-state index in [1.807, 2.05) is 25.4 Å². The van der Waals surface area contributed by atoms with Crippen molar-refractivity contribution < 1.29 is 0 Å². The van der Waals surface area contributed by atoms with Gasteiger partial charge in [-0.15, -0.1) is 11.8 Å². The van der Waals surface area contributed by atoms with Crippen molar-refractivity contribution in [3.05, 3.63) is 54.4 Å². The molecular formula is C21H29N5S. The van der Waals surface area contributed by atoms with E-state index in [1.54, 1.807) is 24.3 Å². The maximum atomic E-state index is 5.71. The van der Waals surface area contributed by atoms with Crippen molar-refractivity contribution in [1.82, 2.24) is 10.4 Å². The minimum absolute atomic E-state index is 0.244. The first kappa shape index (κ1) is 21.1. The monoisotopic (exact) mass is 383 g/mol. The van der Waals surface area contributed by atoms with Crippen LogP contribution in [-0.4, -0.2) is 35.2 Å². The number of rotatable bonds is 10. The number of unbranched alkanes of at least 4 members (excludes halogenated alkanes) is 1. The molecule has 1 unspecified atom stereocenters. The van der Waals surface area contributed by atoms with Crippen molar-refractivity contribution >= 4 is 33.9 Å². The maximum absolute atomic E-state index is 5.71. The number of benzene rings is 1. The number of nitrogens with one attached hydrogen (secondary N) is 1. The van der Waals surface area contributed by atoms with Gasteiger partial charge in [-0.1, -0.05) is 24.3 Å². The molecule has 0 saturated heterocycles. The van der Waals surface area contributed by atoms with Crippen molar-refractivity contribution in [3.8, 4) is 0 Å². The van der Waals surface area contributed by atoms with E-state index < -0.39 is 0 Å². The van der Waals surface area contributed by atoms with Gasteiger partial charge in [0.15, 0.2) is 0 Å². The van der Waals surface area contributed by atoms with Gasteiger partial charge >= 0.3 is 0 Å². The minimum Gasteiger partial charge on any atom is -0.330 e. The molecule has 0 aliphatic carbocycles. The third kappa shape index (κ3) is 7.15. The van der Waals surface area contributed by atoms with Gasteiger partial charge < -0.3 is 5.73 Å². The SMILES string of the molecule is C/C=C\CCCC(CCN)N=CN/N=C(\SC)c1ccc2cnccc2c1. The number of thioether (sulfide) groups is 1. The summed E-state index contributed by atoms with van der Waals surface area (Å²) in [6.07, 6.45) is 15.8. The summed E-state index contributed by atoms with van der Waals surface area (Å²) in [6, 6.07) is 8.52. The largest absolute Gasteiger partial charge is 0.330 e. The average molecular weight is 384 g/mol. The Morgan fingerprint density at radius 2 is 2.19 bits per heavy atom. The second-order valence-corrected chi connectivity index (χ2v) is 6.99. The van der Waals surface area contributed by atoms with E-state index in [0.717, 1.165) is 47.1 Å². The Balaban J connectivity index is 1.98. The van der Waals surface area contributed by atoms with Crippen LogP contribution in [0.5, 0.6) is 0 Å². The summed E-state index contributed by atoms with van der Waals surface area (Å²) in [6.45, 7) is 2.70. The number of allylic oxidation sites excluding steroid dienone is 2. The van der Waals surface area contributed by atoms with Crippen LogP contribution >= 0.6 is 11.8 Å². The van der Waals surface area contributed by atoms with E-state index in [1.165, 1.54) is 0 Å². The van der Waals surface area contributed by atoms with Crippen LogP contribution in [0, 0.1) is 0 Å². The smallest absolute Gasteiger partial charge is 0.123 e. The summed E-state index contributed by atoms with van der Waals surface area (Å²) in [5.74, 6) is 0. The lowest BCUT2D eigenvalue weighted by atomic mass is 10.1. The van der Waals surface area contributed by atoms with E-state index in [-0.39, 0.29) is 6.04 Å². The summed E-state index contributed by atoms with van der Waals surface area (Å²) in [7, 11) is 0. The molecule has 1 atom stereocenters. The molecule has 0 spiro atoms. The standard InChI is InChI=1S/C21H29N5S/c1-3-4-5-6-7-20(10-12-22)24-16-25-26-21(27-2)18-8-9-19-15-23-13-11-17(19)14-18/h3-4,8-9,11,13-16,20H,5-7,10,12,22H2,1-2H3,(H,24,25)/b4-3-,26-21-. The van der Waals surface area contributed by atoms with Gasteiger partial charge in [-0.2, -0.15) is 5.10 Å². The molecule has 2 aromatic rings. The Bertz CT molecular complexity index is 785. The molecule has 2 rings (SSSR count). The van der Waals surface area contributed by atoms with Crippen molar-refractivity contribution in [1.29, 1.82) is 0 Å². The van der Waals surface area contributed by atoms with Crippen LogP contribution in [0.3, 0.4) is 0 Å². The second kappa shape index (κ2) is 12.3. The van der Waals surface area contributed by atoms with E-state index in [0.29, 0.717) is 6.54 Å². The fraction of sp³-hybridized carbons (Fsp3) is 0.381. The van der Waals surface area contributed by atoms with Crippen molar-refractivity contribution in [2.45, 2.75) is 38.6 Å². The molecule has 0 fully saturated rings. The third-order valence-corrected chi connectivity index (χ3v) is 4.95. The highest BCUT2D eigenvalue weighted by atomic mass is 32.2. The van der Waals surface area contributed by atoms with Gasteiger partial charge in [0.25, 0.3) is 0 Å². The molecule has 0 bridgehead atoms. The van der Waals surface area contributed by atoms with Gasteiger partial charge in [-0.3, -0.25) is 15.4 Å². The molecule has 1 aromatic carbocycles. The summed E-state index contributed by atoms with van der Waals surface area (Å²) in [5, 5.41) is 7.68. The maximum Gasteiger partial charge on any atom is 0.123 e. The first-order chi connectivity index (χ1) is 13.3. The van der Waals surface area contributed by atoms with E-state index in [9.17, 15) is 0 Å². The van der Waals surface area contributed by atoms with Crippen LogP contribution < -0.4 is 11.2 Å². The van der Waals surface area contributed by atoms with Gasteiger partial charge in [0.1, 0.15) is 11.4 Å². The van der Waals surface area contributed by atoms with Crippen molar-refractivity contribution in [2.75, 3.05) is 12.8 Å². The lowest BCUT2D eigenvalue weighted by Gasteiger charge is -2.10. The summed E-state index contributed by atoms with van der Waals surface area (Å²) >= 11 is 1.60. The number of hydrazone groups is 1. The Hall–Kier alpha value is -2.18. The lowest BCUT2D eigenvalue weighted by molar-refractivity contribution is 0.557. The number of fused-ring (bicyclic) bond motifs is 1. The molecule has 1 heterocycles. The van der Waals surface area contributed by atoms with Crippen molar-refractivity contribution in [3.63, 3.8) is 0 Å². The first-order valence-electron chi connectivity index (χ1n) is 9.32. The fourth-order valence-corrected chi connectivity index (χ4v) is 3.30. The predicted octanol–water partition coefficient (Wildman–Crippen LogP) is 4.34. The fourth-order valence-electron chi connectivity index (χ4n) is 2.79. The first-order valence-corrected chi connectivity index (χ1v) is 10.5. The molecule has 0 radical (unpaired) electrons. The van der Waals surface area contributed by atoms with E-state index >= 15 is 0 Å². The number of nitrogens with zero attached hydrogens (tertiary/aromatic N) is 3. The highest BCUT2D eigenvalue weighted by molar-refractivity contribution is 8.13. The minimum atomic E-state index is 0.244. The molecule has 144 valence electrons. The Kier molecular flexibility index (Phi) is 9.58. The average Bonchev–Trinajstić information content (AvgIpc) is 2.70. The highest BCUT2D eigenvalue weighted by Crippen LogP contribution is 2.18. The van der Waals surface area contributed by atoms with E-state index in [4.69, 9.17) is 5.73 Å². The number of pyridine rings is 1. The number of hydrogen-bond donors (Lipinski definition) is 2. The summed E-state index contributed by atoms with van der Waals surface area (Å²) in [5.41, 5.74) is 9.77. The molecule has 0 aliphatic rings. The Morgan fingerprint density at radius 1 is 1.30 bits per heavy atom.